The van der Waals surface area contributed by atoms with Crippen molar-refractivity contribution in [3.63, 3.8) is 0 Å². The quantitative estimate of drug-likeness (QED) is 0.750. The van der Waals surface area contributed by atoms with Crippen molar-refractivity contribution < 1.29 is 9.59 Å². The van der Waals surface area contributed by atoms with Crippen molar-refractivity contribution in [2.24, 2.45) is 11.7 Å². The molecule has 0 heterocycles. The molecule has 4 nitrogen and oxygen atoms in total. The van der Waals surface area contributed by atoms with Gasteiger partial charge in [-0.05, 0) is 36.1 Å². The lowest BCUT2D eigenvalue weighted by Crippen LogP contribution is -2.38. The van der Waals surface area contributed by atoms with Gasteiger partial charge in [-0.15, -0.1) is 6.58 Å². The van der Waals surface area contributed by atoms with Crippen LogP contribution in [0.3, 0.4) is 0 Å². The highest BCUT2D eigenvalue weighted by atomic mass is 16.2. The summed E-state index contributed by atoms with van der Waals surface area (Å²) in [7, 11) is 0. The normalized spacial score (nSPS) is 11.8. The highest BCUT2D eigenvalue weighted by molar-refractivity contribution is 5.93. The number of nitrogens with zero attached hydrogens (tertiary/aromatic N) is 1. The second kappa shape index (κ2) is 8.37. The number of hydrogen-bond acceptors (Lipinski definition) is 2. The Morgan fingerprint density at radius 1 is 1.32 bits per heavy atom. The van der Waals surface area contributed by atoms with E-state index in [-0.39, 0.29) is 12.5 Å². The molecule has 0 saturated heterocycles. The molecule has 0 bridgehead atoms. The maximum Gasteiger partial charge on any atom is 0.226 e. The van der Waals surface area contributed by atoms with Crippen LogP contribution in [-0.2, 0) is 22.4 Å². The minimum absolute atomic E-state index is 0.113. The Labute approximate surface area is 133 Å². The fourth-order valence-corrected chi connectivity index (χ4v) is 2.52. The van der Waals surface area contributed by atoms with E-state index < -0.39 is 11.8 Å². The number of nitrogens with two attached hydrogens (primary N) is 1. The number of amides is 2. The van der Waals surface area contributed by atoms with Crippen LogP contribution >= 0.6 is 0 Å². The average Bonchev–Trinajstić information content (AvgIpc) is 2.48. The summed E-state index contributed by atoms with van der Waals surface area (Å²) >= 11 is 0. The molecule has 0 aliphatic carbocycles. The van der Waals surface area contributed by atoms with Gasteiger partial charge in [0, 0.05) is 19.2 Å². The zero-order chi connectivity index (χ0) is 16.7. The molecular formula is C18H26N2O2. The summed E-state index contributed by atoms with van der Waals surface area (Å²) in [6.45, 7) is 9.59. The molecular weight excluding hydrogens is 276 g/mol. The van der Waals surface area contributed by atoms with Crippen LogP contribution in [0.5, 0.6) is 0 Å². The van der Waals surface area contributed by atoms with E-state index in [1.807, 2.05) is 12.1 Å². The van der Waals surface area contributed by atoms with Crippen LogP contribution in [-0.4, -0.2) is 18.4 Å². The number of anilines is 1. The van der Waals surface area contributed by atoms with Crippen molar-refractivity contribution in [3.05, 3.63) is 42.0 Å². The molecule has 1 aromatic carbocycles. The first-order valence-corrected chi connectivity index (χ1v) is 7.76. The molecule has 0 fully saturated rings. The molecule has 1 rings (SSSR count). The third-order valence-corrected chi connectivity index (χ3v) is 3.81. The lowest BCUT2D eigenvalue weighted by atomic mass is 9.99. The lowest BCUT2D eigenvalue weighted by Gasteiger charge is -2.25. The maximum atomic E-state index is 12.0. The average molecular weight is 302 g/mol. The lowest BCUT2D eigenvalue weighted by molar-refractivity contribution is -0.120. The molecule has 1 atom stereocenters. The van der Waals surface area contributed by atoms with Crippen LogP contribution in [0.4, 0.5) is 5.69 Å². The largest absolute Gasteiger partial charge is 0.369 e. The highest BCUT2D eigenvalue weighted by Gasteiger charge is 2.20. The molecule has 120 valence electrons. The summed E-state index contributed by atoms with van der Waals surface area (Å²) in [4.78, 5) is 25.0. The fraction of sp³-hybridized carbons (Fsp3) is 0.444. The van der Waals surface area contributed by atoms with Gasteiger partial charge in [-0.25, -0.2) is 0 Å². The molecule has 4 heteroatoms. The van der Waals surface area contributed by atoms with Crippen LogP contribution in [0.25, 0.3) is 0 Å². The van der Waals surface area contributed by atoms with E-state index in [0.717, 1.165) is 24.9 Å². The molecule has 0 spiro atoms. The summed E-state index contributed by atoms with van der Waals surface area (Å²) in [6, 6.07) is 6.04. The van der Waals surface area contributed by atoms with Crippen LogP contribution in [0.1, 0.15) is 38.3 Å². The number of carbonyl (C=O) groups excluding carboxylic acids is 2. The second-order valence-electron chi connectivity index (χ2n) is 5.43. The first-order chi connectivity index (χ1) is 10.4. The summed E-state index contributed by atoms with van der Waals surface area (Å²) < 4.78 is 0. The number of rotatable bonds is 8. The standard InChI is InChI=1S/C18H26N2O2/c1-5-8-16-9-10-17(11-14(16)6-2)20(13(4)21)12-15(7-3)18(19)22/h7,9-11,15H,3,5-6,8,12H2,1-2,4H3,(H2,19,22). The zero-order valence-electron chi connectivity index (χ0n) is 13.8. The third-order valence-electron chi connectivity index (χ3n) is 3.81. The van der Waals surface area contributed by atoms with E-state index in [1.165, 1.54) is 24.1 Å². The molecule has 22 heavy (non-hydrogen) atoms. The Morgan fingerprint density at radius 2 is 2.00 bits per heavy atom. The summed E-state index contributed by atoms with van der Waals surface area (Å²) in [6.07, 6.45) is 4.52. The molecule has 2 N–H and O–H groups in total. The van der Waals surface area contributed by atoms with E-state index in [1.54, 1.807) is 4.90 Å². The van der Waals surface area contributed by atoms with Gasteiger partial charge < -0.3 is 10.6 Å². The van der Waals surface area contributed by atoms with E-state index in [2.05, 4.69) is 26.5 Å². The van der Waals surface area contributed by atoms with E-state index in [0.29, 0.717) is 0 Å². The smallest absolute Gasteiger partial charge is 0.226 e. The minimum atomic E-state index is -0.552. The van der Waals surface area contributed by atoms with Gasteiger partial charge in [0.25, 0.3) is 0 Å². The molecule has 0 aliphatic heterocycles. The summed E-state index contributed by atoms with van der Waals surface area (Å²) in [5.74, 6) is -1.14. The van der Waals surface area contributed by atoms with Crippen molar-refractivity contribution >= 4 is 17.5 Å². The van der Waals surface area contributed by atoms with Crippen LogP contribution in [0, 0.1) is 5.92 Å². The van der Waals surface area contributed by atoms with Gasteiger partial charge in [-0.2, -0.15) is 0 Å². The molecule has 1 aromatic rings. The zero-order valence-corrected chi connectivity index (χ0v) is 13.8. The summed E-state index contributed by atoms with van der Waals surface area (Å²) in [5.41, 5.74) is 8.70. The van der Waals surface area contributed by atoms with Gasteiger partial charge in [-0.3, -0.25) is 9.59 Å². The Kier molecular flexibility index (Phi) is 6.83. The fourth-order valence-electron chi connectivity index (χ4n) is 2.52. The number of primary amides is 1. The van der Waals surface area contributed by atoms with Gasteiger partial charge in [0.15, 0.2) is 0 Å². The van der Waals surface area contributed by atoms with Crippen molar-refractivity contribution in [2.75, 3.05) is 11.4 Å². The Hall–Kier alpha value is -2.10. The number of benzene rings is 1. The van der Waals surface area contributed by atoms with Crippen molar-refractivity contribution in [2.45, 2.75) is 40.0 Å². The van der Waals surface area contributed by atoms with Gasteiger partial charge in [0.1, 0.15) is 0 Å². The Morgan fingerprint density at radius 3 is 2.45 bits per heavy atom. The monoisotopic (exact) mass is 302 g/mol. The Bertz CT molecular complexity index is 552. The number of aryl methyl sites for hydroxylation is 2. The predicted octanol–water partition coefficient (Wildman–Crippen LogP) is 2.84. The molecule has 0 saturated carbocycles. The summed E-state index contributed by atoms with van der Waals surface area (Å²) in [5, 5.41) is 0. The predicted molar refractivity (Wildman–Crippen MR) is 90.7 cm³/mol. The first-order valence-electron chi connectivity index (χ1n) is 7.76. The molecule has 1 unspecified atom stereocenters. The van der Waals surface area contributed by atoms with E-state index in [9.17, 15) is 9.59 Å². The van der Waals surface area contributed by atoms with Gasteiger partial charge in [0.05, 0.1) is 5.92 Å². The molecule has 2 amide bonds. The maximum absolute atomic E-state index is 12.0. The highest BCUT2D eigenvalue weighted by Crippen LogP contribution is 2.23. The van der Waals surface area contributed by atoms with Crippen molar-refractivity contribution in [1.29, 1.82) is 0 Å². The third kappa shape index (κ3) is 4.45. The minimum Gasteiger partial charge on any atom is -0.369 e. The van der Waals surface area contributed by atoms with Crippen molar-refractivity contribution in [3.8, 4) is 0 Å². The Balaban J connectivity index is 3.13. The topological polar surface area (TPSA) is 63.4 Å². The molecule has 0 aromatic heterocycles. The molecule has 0 radical (unpaired) electrons. The second-order valence-corrected chi connectivity index (χ2v) is 5.43. The van der Waals surface area contributed by atoms with Gasteiger partial charge in [-0.1, -0.05) is 32.4 Å². The van der Waals surface area contributed by atoms with Gasteiger partial charge in [0.2, 0.25) is 11.8 Å². The molecule has 0 aliphatic rings. The van der Waals surface area contributed by atoms with Crippen LogP contribution in [0.2, 0.25) is 0 Å². The van der Waals surface area contributed by atoms with Crippen LogP contribution in [0.15, 0.2) is 30.9 Å². The van der Waals surface area contributed by atoms with Crippen molar-refractivity contribution in [1.82, 2.24) is 0 Å². The SMILES string of the molecule is C=CC(CN(C(C)=O)c1ccc(CCC)c(CC)c1)C(N)=O. The van der Waals surface area contributed by atoms with E-state index >= 15 is 0 Å². The van der Waals surface area contributed by atoms with E-state index in [4.69, 9.17) is 5.73 Å². The van der Waals surface area contributed by atoms with Gasteiger partial charge >= 0.3 is 0 Å². The first kappa shape index (κ1) is 18.0. The number of carbonyl (C=O) groups is 2. The number of hydrogen-bond donors (Lipinski definition) is 1. The van der Waals surface area contributed by atoms with Crippen LogP contribution < -0.4 is 10.6 Å².